The average Bonchev–Trinajstić information content (AvgIpc) is 2.64. The fourth-order valence-corrected chi connectivity index (χ4v) is 2.56. The average molecular weight is 355 g/mol. The molecule has 1 amide bonds. The highest BCUT2D eigenvalue weighted by Gasteiger charge is 2.07. The molecule has 0 unspecified atom stereocenters. The van der Waals surface area contributed by atoms with Crippen LogP contribution in [0.5, 0.6) is 0 Å². The second-order valence-corrected chi connectivity index (χ2v) is 6.58. The van der Waals surface area contributed by atoms with Crippen LogP contribution in [0, 0.1) is 5.92 Å². The van der Waals surface area contributed by atoms with Gasteiger partial charge in [0.2, 0.25) is 5.95 Å². The van der Waals surface area contributed by atoms with Crippen LogP contribution in [-0.4, -0.2) is 35.5 Å². The Morgan fingerprint density at radius 2 is 1.69 bits per heavy atom. The first-order valence-corrected chi connectivity index (χ1v) is 9.25. The van der Waals surface area contributed by atoms with Gasteiger partial charge in [-0.1, -0.05) is 13.8 Å². The van der Waals surface area contributed by atoms with E-state index in [0.717, 1.165) is 25.2 Å². The van der Waals surface area contributed by atoms with Crippen LogP contribution in [0.2, 0.25) is 0 Å². The molecule has 0 bridgehead atoms. The predicted molar refractivity (Wildman–Crippen MR) is 107 cm³/mol. The second-order valence-electron chi connectivity index (χ2n) is 6.58. The summed E-state index contributed by atoms with van der Waals surface area (Å²) in [5, 5.41) is 6.04. The van der Waals surface area contributed by atoms with Gasteiger partial charge >= 0.3 is 0 Å². The molecule has 1 aromatic carbocycles. The van der Waals surface area contributed by atoms with Crippen molar-refractivity contribution in [2.45, 2.75) is 34.1 Å². The topological polar surface area (TPSA) is 70.2 Å². The zero-order chi connectivity index (χ0) is 18.9. The number of carbonyl (C=O) groups excluding carboxylic acids is 1. The molecule has 0 aliphatic carbocycles. The first-order chi connectivity index (χ1) is 12.5. The highest BCUT2D eigenvalue weighted by Crippen LogP contribution is 2.19. The molecular weight excluding hydrogens is 326 g/mol. The maximum absolute atomic E-state index is 12.0. The van der Waals surface area contributed by atoms with Gasteiger partial charge in [-0.2, -0.15) is 0 Å². The summed E-state index contributed by atoms with van der Waals surface area (Å²) >= 11 is 0. The van der Waals surface area contributed by atoms with E-state index in [1.807, 2.05) is 12.1 Å². The fraction of sp³-hybridized carbons (Fsp3) is 0.450. The van der Waals surface area contributed by atoms with E-state index in [9.17, 15) is 4.79 Å². The number of amides is 1. The minimum absolute atomic E-state index is 0.138. The summed E-state index contributed by atoms with van der Waals surface area (Å²) in [4.78, 5) is 22.8. The molecule has 6 heteroatoms. The molecule has 6 nitrogen and oxygen atoms in total. The quantitative estimate of drug-likeness (QED) is 0.715. The number of anilines is 3. The summed E-state index contributed by atoms with van der Waals surface area (Å²) in [5.74, 6) is 0.895. The summed E-state index contributed by atoms with van der Waals surface area (Å²) < 4.78 is 0. The number of nitrogens with zero attached hydrogens (tertiary/aromatic N) is 3. The summed E-state index contributed by atoms with van der Waals surface area (Å²) in [6.45, 7) is 11.2. The van der Waals surface area contributed by atoms with Gasteiger partial charge in [0.25, 0.3) is 5.91 Å². The predicted octanol–water partition coefficient (Wildman–Crippen LogP) is 3.84. The minimum atomic E-state index is -0.138. The largest absolute Gasteiger partial charge is 0.372 e. The number of carbonyl (C=O) groups is 1. The molecule has 2 aromatic rings. The van der Waals surface area contributed by atoms with E-state index in [1.165, 1.54) is 5.69 Å². The molecule has 0 saturated carbocycles. The van der Waals surface area contributed by atoms with Crippen LogP contribution in [0.1, 0.15) is 44.5 Å². The molecule has 0 saturated heterocycles. The third-order valence-electron chi connectivity index (χ3n) is 4.17. The molecule has 0 atom stereocenters. The summed E-state index contributed by atoms with van der Waals surface area (Å²) in [5.41, 5.74) is 2.57. The van der Waals surface area contributed by atoms with Gasteiger partial charge in [0.05, 0.1) is 5.56 Å². The maximum atomic E-state index is 12.0. The van der Waals surface area contributed by atoms with Gasteiger partial charge in [-0.15, -0.1) is 0 Å². The Morgan fingerprint density at radius 1 is 1.08 bits per heavy atom. The number of aromatic nitrogens is 2. The fourth-order valence-electron chi connectivity index (χ4n) is 2.56. The van der Waals surface area contributed by atoms with E-state index in [-0.39, 0.29) is 5.91 Å². The Morgan fingerprint density at radius 3 is 2.23 bits per heavy atom. The van der Waals surface area contributed by atoms with Crippen molar-refractivity contribution in [2.24, 2.45) is 5.92 Å². The smallest absolute Gasteiger partial charge is 0.254 e. The van der Waals surface area contributed by atoms with Gasteiger partial charge in [-0.3, -0.25) is 4.79 Å². The third-order valence-corrected chi connectivity index (χ3v) is 4.17. The Kier molecular flexibility index (Phi) is 7.38. The Hall–Kier alpha value is -2.63. The van der Waals surface area contributed by atoms with Crippen molar-refractivity contribution >= 4 is 23.2 Å². The number of nitrogens with one attached hydrogen (secondary N) is 2. The Bertz CT molecular complexity index is 678. The van der Waals surface area contributed by atoms with Crippen LogP contribution >= 0.6 is 0 Å². The molecule has 2 rings (SSSR count). The maximum Gasteiger partial charge on any atom is 0.254 e. The molecule has 2 N–H and O–H groups in total. The third kappa shape index (κ3) is 5.72. The van der Waals surface area contributed by atoms with Gasteiger partial charge in [0.1, 0.15) is 0 Å². The first-order valence-electron chi connectivity index (χ1n) is 9.25. The molecule has 26 heavy (non-hydrogen) atoms. The van der Waals surface area contributed by atoms with E-state index < -0.39 is 0 Å². The van der Waals surface area contributed by atoms with Crippen molar-refractivity contribution in [2.75, 3.05) is 29.9 Å². The number of hydrogen-bond acceptors (Lipinski definition) is 5. The second kappa shape index (κ2) is 9.75. The van der Waals surface area contributed by atoms with Crippen molar-refractivity contribution < 1.29 is 4.79 Å². The van der Waals surface area contributed by atoms with Crippen molar-refractivity contribution in [1.82, 2.24) is 15.3 Å². The molecule has 0 fully saturated rings. The van der Waals surface area contributed by atoms with Crippen LogP contribution in [-0.2, 0) is 0 Å². The van der Waals surface area contributed by atoms with Crippen LogP contribution in [0.15, 0.2) is 36.7 Å². The number of benzene rings is 1. The summed E-state index contributed by atoms with van der Waals surface area (Å²) in [7, 11) is 0. The number of rotatable bonds is 9. The zero-order valence-electron chi connectivity index (χ0n) is 16.1. The van der Waals surface area contributed by atoms with E-state index >= 15 is 0 Å². The Labute approximate surface area is 156 Å². The lowest BCUT2D eigenvalue weighted by Gasteiger charge is -2.21. The molecule has 0 spiro atoms. The SMILES string of the molecule is CCN(CC)c1ccc(Nc2ncc(C(=O)NCCC(C)C)cn2)cc1. The highest BCUT2D eigenvalue weighted by molar-refractivity contribution is 5.93. The Balaban J connectivity index is 1.93. The van der Waals surface area contributed by atoms with E-state index in [2.05, 4.69) is 65.3 Å². The highest BCUT2D eigenvalue weighted by atomic mass is 16.1. The molecule has 0 aliphatic rings. The monoisotopic (exact) mass is 355 g/mol. The lowest BCUT2D eigenvalue weighted by molar-refractivity contribution is 0.0951. The first kappa shape index (κ1) is 19.7. The molecule has 1 aromatic heterocycles. The van der Waals surface area contributed by atoms with Gasteiger partial charge in [0.15, 0.2) is 0 Å². The molecule has 0 aliphatic heterocycles. The van der Waals surface area contributed by atoms with Crippen molar-refractivity contribution in [3.05, 3.63) is 42.2 Å². The van der Waals surface area contributed by atoms with Gasteiger partial charge in [0, 0.05) is 43.4 Å². The number of hydrogen-bond donors (Lipinski definition) is 2. The van der Waals surface area contributed by atoms with Crippen molar-refractivity contribution in [3.8, 4) is 0 Å². The normalized spacial score (nSPS) is 10.7. The lowest BCUT2D eigenvalue weighted by atomic mass is 10.1. The standard InChI is InChI=1S/C20H29N5O/c1-5-25(6-2)18-9-7-17(8-10-18)24-20-22-13-16(14-23-20)19(26)21-12-11-15(3)4/h7-10,13-15H,5-6,11-12H2,1-4H3,(H,21,26)(H,22,23,24). The molecule has 1 heterocycles. The molecule has 0 radical (unpaired) electrons. The molecule has 140 valence electrons. The van der Waals surface area contributed by atoms with E-state index in [1.54, 1.807) is 12.4 Å². The van der Waals surface area contributed by atoms with Crippen LogP contribution < -0.4 is 15.5 Å². The van der Waals surface area contributed by atoms with Gasteiger partial charge in [-0.25, -0.2) is 9.97 Å². The lowest BCUT2D eigenvalue weighted by Crippen LogP contribution is -2.25. The van der Waals surface area contributed by atoms with E-state index in [0.29, 0.717) is 24.0 Å². The van der Waals surface area contributed by atoms with Crippen LogP contribution in [0.25, 0.3) is 0 Å². The van der Waals surface area contributed by atoms with Crippen LogP contribution in [0.4, 0.5) is 17.3 Å². The minimum Gasteiger partial charge on any atom is -0.372 e. The van der Waals surface area contributed by atoms with E-state index in [4.69, 9.17) is 0 Å². The van der Waals surface area contributed by atoms with Crippen LogP contribution in [0.3, 0.4) is 0 Å². The zero-order valence-corrected chi connectivity index (χ0v) is 16.1. The summed E-state index contributed by atoms with van der Waals surface area (Å²) in [6.07, 6.45) is 4.05. The summed E-state index contributed by atoms with van der Waals surface area (Å²) in [6, 6.07) is 8.16. The van der Waals surface area contributed by atoms with Crippen molar-refractivity contribution in [1.29, 1.82) is 0 Å². The molecular formula is C20H29N5O. The van der Waals surface area contributed by atoms with Crippen molar-refractivity contribution in [3.63, 3.8) is 0 Å². The van der Waals surface area contributed by atoms with Gasteiger partial charge < -0.3 is 15.5 Å². The van der Waals surface area contributed by atoms with Gasteiger partial charge in [-0.05, 0) is 50.5 Å².